The molecule has 2 saturated heterocycles. The Labute approximate surface area is 117 Å². The molecule has 2 aliphatic rings. The minimum absolute atomic E-state index is 0.447. The lowest BCUT2D eigenvalue weighted by molar-refractivity contribution is -0.000369. The van der Waals surface area contributed by atoms with Crippen molar-refractivity contribution in [3.05, 3.63) is 12.7 Å². The summed E-state index contributed by atoms with van der Waals surface area (Å²) in [5.74, 6) is 0.985. The second kappa shape index (κ2) is 4.41. The Morgan fingerprint density at radius 2 is 2.00 bits per heavy atom. The molecule has 4 heterocycles. The van der Waals surface area contributed by atoms with E-state index < -0.39 is 0 Å². The van der Waals surface area contributed by atoms with Gasteiger partial charge in [0.1, 0.15) is 6.33 Å². The van der Waals surface area contributed by atoms with Crippen molar-refractivity contribution in [2.45, 2.75) is 26.3 Å². The van der Waals surface area contributed by atoms with Crippen LogP contribution < -0.4 is 4.90 Å². The molecule has 6 nitrogen and oxygen atoms in total. The van der Waals surface area contributed by atoms with Crippen LogP contribution in [0.1, 0.15) is 19.8 Å². The first-order chi connectivity index (χ1) is 9.81. The zero-order valence-electron chi connectivity index (χ0n) is 11.7. The molecule has 6 heteroatoms. The molecule has 0 bridgehead atoms. The number of hydrogen-bond donors (Lipinski definition) is 0. The zero-order valence-corrected chi connectivity index (χ0v) is 11.7. The van der Waals surface area contributed by atoms with E-state index in [1.807, 2.05) is 6.33 Å². The Hall–Kier alpha value is -1.69. The van der Waals surface area contributed by atoms with Gasteiger partial charge < -0.3 is 14.2 Å². The maximum absolute atomic E-state index is 5.47. The Morgan fingerprint density at radius 1 is 1.20 bits per heavy atom. The zero-order chi connectivity index (χ0) is 13.6. The molecule has 2 aromatic heterocycles. The fraction of sp³-hybridized carbons (Fsp3) is 0.643. The summed E-state index contributed by atoms with van der Waals surface area (Å²) in [6, 6.07) is 0. The molecule has 0 radical (unpaired) electrons. The van der Waals surface area contributed by atoms with Gasteiger partial charge in [0.15, 0.2) is 17.0 Å². The summed E-state index contributed by atoms with van der Waals surface area (Å²) < 4.78 is 7.53. The van der Waals surface area contributed by atoms with E-state index in [2.05, 4.69) is 31.3 Å². The largest absolute Gasteiger partial charge is 0.381 e. The molecular weight excluding hydrogens is 254 g/mol. The van der Waals surface area contributed by atoms with Crippen molar-refractivity contribution < 1.29 is 4.74 Å². The molecule has 4 rings (SSSR count). The molecule has 2 fully saturated rings. The van der Waals surface area contributed by atoms with Crippen LogP contribution in [0.15, 0.2) is 12.7 Å². The topological polar surface area (TPSA) is 56.1 Å². The van der Waals surface area contributed by atoms with E-state index in [1.165, 1.54) is 12.8 Å². The highest BCUT2D eigenvalue weighted by Crippen LogP contribution is 2.42. The van der Waals surface area contributed by atoms with Crippen molar-refractivity contribution in [3.63, 3.8) is 0 Å². The van der Waals surface area contributed by atoms with Gasteiger partial charge in [0.05, 0.1) is 6.33 Å². The fourth-order valence-corrected chi connectivity index (χ4v) is 3.36. The molecule has 1 spiro atoms. The van der Waals surface area contributed by atoms with Crippen molar-refractivity contribution in [1.82, 2.24) is 19.5 Å². The number of imidazole rings is 1. The first kappa shape index (κ1) is 12.1. The number of ether oxygens (including phenoxy) is 1. The van der Waals surface area contributed by atoms with Gasteiger partial charge in [0.2, 0.25) is 0 Å². The smallest absolute Gasteiger partial charge is 0.165 e. The summed E-state index contributed by atoms with van der Waals surface area (Å²) in [6.07, 6.45) is 5.84. The van der Waals surface area contributed by atoms with Crippen LogP contribution in [0.5, 0.6) is 0 Å². The molecule has 2 aromatic rings. The predicted molar refractivity (Wildman–Crippen MR) is 75.7 cm³/mol. The van der Waals surface area contributed by atoms with Crippen LogP contribution in [0.2, 0.25) is 0 Å². The van der Waals surface area contributed by atoms with Gasteiger partial charge in [-0.3, -0.25) is 0 Å². The number of nitrogens with zero attached hydrogens (tertiary/aromatic N) is 5. The number of rotatable bonds is 2. The maximum atomic E-state index is 5.47. The predicted octanol–water partition coefficient (Wildman–Crippen LogP) is 1.46. The maximum Gasteiger partial charge on any atom is 0.165 e. The second-order valence-electron chi connectivity index (χ2n) is 5.87. The highest BCUT2D eigenvalue weighted by molar-refractivity contribution is 5.83. The van der Waals surface area contributed by atoms with Crippen LogP contribution in [-0.4, -0.2) is 45.8 Å². The number of anilines is 1. The van der Waals surface area contributed by atoms with E-state index in [1.54, 1.807) is 6.33 Å². The van der Waals surface area contributed by atoms with Gasteiger partial charge in [-0.05, 0) is 19.8 Å². The first-order valence-electron chi connectivity index (χ1n) is 7.30. The summed E-state index contributed by atoms with van der Waals surface area (Å²) in [7, 11) is 0. The third-order valence-electron chi connectivity index (χ3n) is 4.63. The summed E-state index contributed by atoms with van der Waals surface area (Å²) in [6.45, 7) is 6.93. The quantitative estimate of drug-likeness (QED) is 0.829. The lowest BCUT2D eigenvalue weighted by atomic mass is 9.73. The van der Waals surface area contributed by atoms with Gasteiger partial charge in [-0.1, -0.05) is 0 Å². The fourth-order valence-electron chi connectivity index (χ4n) is 3.36. The van der Waals surface area contributed by atoms with Crippen LogP contribution in [0.3, 0.4) is 0 Å². The average molecular weight is 273 g/mol. The number of aryl methyl sites for hydroxylation is 1. The SMILES string of the molecule is CCn1cnc2c(N3CC4(CCOCC4)C3)ncnc21. The molecule has 0 unspecified atom stereocenters. The van der Waals surface area contributed by atoms with Crippen molar-refractivity contribution in [1.29, 1.82) is 0 Å². The average Bonchev–Trinajstić information content (AvgIpc) is 2.88. The highest BCUT2D eigenvalue weighted by atomic mass is 16.5. The molecule has 0 atom stereocenters. The van der Waals surface area contributed by atoms with Crippen LogP contribution >= 0.6 is 0 Å². The lowest BCUT2D eigenvalue weighted by Gasteiger charge is -2.52. The standard InChI is InChI=1S/C14H19N5O/c1-2-18-10-17-11-12(18)15-9-16-13(11)19-7-14(8-19)3-5-20-6-4-14/h9-10H,2-8H2,1H3. The Kier molecular flexibility index (Phi) is 2.66. The summed E-state index contributed by atoms with van der Waals surface area (Å²) >= 11 is 0. The van der Waals surface area contributed by atoms with Gasteiger partial charge >= 0.3 is 0 Å². The molecule has 20 heavy (non-hydrogen) atoms. The minimum atomic E-state index is 0.447. The van der Waals surface area contributed by atoms with Gasteiger partial charge in [-0.15, -0.1) is 0 Å². The van der Waals surface area contributed by atoms with Crippen LogP contribution in [-0.2, 0) is 11.3 Å². The van der Waals surface area contributed by atoms with Crippen molar-refractivity contribution >= 4 is 17.0 Å². The monoisotopic (exact) mass is 273 g/mol. The van der Waals surface area contributed by atoms with Gasteiger partial charge in [-0.25, -0.2) is 15.0 Å². The van der Waals surface area contributed by atoms with Crippen LogP contribution in [0, 0.1) is 5.41 Å². The minimum Gasteiger partial charge on any atom is -0.381 e. The van der Waals surface area contributed by atoms with E-state index in [9.17, 15) is 0 Å². The van der Waals surface area contributed by atoms with E-state index in [-0.39, 0.29) is 0 Å². The molecule has 0 N–H and O–H groups in total. The normalized spacial score (nSPS) is 21.4. The molecule has 0 aliphatic carbocycles. The van der Waals surface area contributed by atoms with Crippen LogP contribution in [0.4, 0.5) is 5.82 Å². The molecule has 106 valence electrons. The first-order valence-corrected chi connectivity index (χ1v) is 7.30. The van der Waals surface area contributed by atoms with E-state index in [0.717, 1.165) is 49.8 Å². The lowest BCUT2D eigenvalue weighted by Crippen LogP contribution is -2.58. The van der Waals surface area contributed by atoms with Crippen molar-refractivity contribution in [3.8, 4) is 0 Å². The Bertz CT molecular complexity index is 624. The van der Waals surface area contributed by atoms with E-state index in [0.29, 0.717) is 5.41 Å². The molecular formula is C14H19N5O. The van der Waals surface area contributed by atoms with E-state index in [4.69, 9.17) is 4.74 Å². The third-order valence-corrected chi connectivity index (χ3v) is 4.63. The number of hydrogen-bond acceptors (Lipinski definition) is 5. The van der Waals surface area contributed by atoms with Crippen molar-refractivity contribution in [2.24, 2.45) is 5.41 Å². The van der Waals surface area contributed by atoms with E-state index >= 15 is 0 Å². The van der Waals surface area contributed by atoms with Gasteiger partial charge in [0, 0.05) is 38.3 Å². The van der Waals surface area contributed by atoms with Crippen LogP contribution in [0.25, 0.3) is 11.2 Å². The second-order valence-corrected chi connectivity index (χ2v) is 5.87. The Morgan fingerprint density at radius 3 is 2.75 bits per heavy atom. The van der Waals surface area contributed by atoms with Crippen molar-refractivity contribution in [2.75, 3.05) is 31.2 Å². The molecule has 0 saturated carbocycles. The Balaban J connectivity index is 1.62. The number of fused-ring (bicyclic) bond motifs is 1. The van der Waals surface area contributed by atoms with Gasteiger partial charge in [0.25, 0.3) is 0 Å². The molecule has 0 aromatic carbocycles. The summed E-state index contributed by atoms with van der Waals surface area (Å²) in [5.41, 5.74) is 2.31. The molecule has 2 aliphatic heterocycles. The van der Waals surface area contributed by atoms with Gasteiger partial charge in [-0.2, -0.15) is 0 Å². The summed E-state index contributed by atoms with van der Waals surface area (Å²) in [4.78, 5) is 15.7. The highest BCUT2D eigenvalue weighted by Gasteiger charge is 2.45. The third kappa shape index (κ3) is 1.71. The summed E-state index contributed by atoms with van der Waals surface area (Å²) in [5, 5.41) is 0. The number of aromatic nitrogens is 4. The molecule has 0 amide bonds.